The van der Waals surface area contributed by atoms with Gasteiger partial charge in [-0.25, -0.2) is 9.37 Å². The van der Waals surface area contributed by atoms with Gasteiger partial charge in [-0.05, 0) is 90.8 Å². The Kier molecular flexibility index (Phi) is 6.83. The number of oxazole rings is 1. The maximum Gasteiger partial charge on any atom is 0.293 e. The minimum absolute atomic E-state index is 0.0187. The van der Waals surface area contributed by atoms with Gasteiger partial charge in [0.25, 0.3) is 5.91 Å². The summed E-state index contributed by atoms with van der Waals surface area (Å²) < 4.78 is 25.4. The van der Waals surface area contributed by atoms with E-state index in [9.17, 15) is 9.18 Å². The highest BCUT2D eigenvalue weighted by Gasteiger charge is 2.16. The van der Waals surface area contributed by atoms with E-state index < -0.39 is 11.7 Å². The lowest BCUT2D eigenvalue weighted by molar-refractivity contribution is 0.0951. The van der Waals surface area contributed by atoms with Crippen molar-refractivity contribution >= 4 is 40.0 Å². The number of nitrogens with zero attached hydrogens (tertiary/aromatic N) is 1. The molecule has 1 amide bonds. The molecule has 3 aromatic carbocycles. The number of rotatable bonds is 6. The summed E-state index contributed by atoms with van der Waals surface area (Å²) in [5, 5.41) is 5.64. The summed E-state index contributed by atoms with van der Waals surface area (Å²) in [5.41, 5.74) is 4.58. The molecular weight excluding hydrogens is 489 g/mol. The fourth-order valence-electron chi connectivity index (χ4n) is 3.90. The lowest BCUT2D eigenvalue weighted by Gasteiger charge is -2.09. The Morgan fingerprint density at radius 1 is 1.03 bits per heavy atom. The van der Waals surface area contributed by atoms with Crippen LogP contribution in [0.4, 0.5) is 10.1 Å². The number of amides is 1. The average molecular weight is 514 g/mol. The first-order chi connectivity index (χ1) is 17.9. The largest absolute Gasteiger partial charge is 0.451 e. The van der Waals surface area contributed by atoms with E-state index in [2.05, 4.69) is 41.6 Å². The van der Waals surface area contributed by atoms with Crippen LogP contribution in [0.25, 0.3) is 33.9 Å². The van der Waals surface area contributed by atoms with E-state index in [1.54, 1.807) is 24.3 Å². The van der Waals surface area contributed by atoms with E-state index in [0.29, 0.717) is 17.5 Å². The number of carbonyl (C=O) groups excluding carboxylic acids is 1. The summed E-state index contributed by atoms with van der Waals surface area (Å²) in [7, 11) is 0. The van der Waals surface area contributed by atoms with Crippen LogP contribution in [-0.4, -0.2) is 16.0 Å². The van der Waals surface area contributed by atoms with Crippen molar-refractivity contribution in [2.24, 2.45) is 0 Å². The van der Waals surface area contributed by atoms with Gasteiger partial charge in [0, 0.05) is 11.3 Å². The molecule has 0 saturated carbocycles. The number of hydrogen-bond acceptors (Lipinski definition) is 5. The Hall–Kier alpha value is -4.30. The zero-order chi connectivity index (χ0) is 25.9. The first-order valence-corrected chi connectivity index (χ1v) is 12.3. The minimum atomic E-state index is -0.542. The predicted molar refractivity (Wildman–Crippen MR) is 146 cm³/mol. The van der Waals surface area contributed by atoms with Crippen molar-refractivity contribution in [2.45, 2.75) is 26.2 Å². The fraction of sp³-hybridized carbons (Fsp3) is 0.138. The molecular formula is C29H24FN3O3S. The maximum absolute atomic E-state index is 14.0. The second-order valence-corrected chi connectivity index (χ2v) is 9.09. The number of hydrogen-bond donors (Lipinski definition) is 2. The smallest absolute Gasteiger partial charge is 0.293 e. The van der Waals surface area contributed by atoms with Crippen molar-refractivity contribution in [1.82, 2.24) is 10.3 Å². The summed E-state index contributed by atoms with van der Waals surface area (Å²) in [6.45, 7) is 4.36. The number of benzene rings is 3. The summed E-state index contributed by atoms with van der Waals surface area (Å²) in [6.07, 6.45) is 1.06. The minimum Gasteiger partial charge on any atom is -0.451 e. The van der Waals surface area contributed by atoms with Crippen molar-refractivity contribution in [2.75, 3.05) is 5.32 Å². The number of nitrogens with one attached hydrogen (secondary N) is 2. The van der Waals surface area contributed by atoms with E-state index in [0.717, 1.165) is 23.1 Å². The predicted octanol–water partition coefficient (Wildman–Crippen LogP) is 7.53. The van der Waals surface area contributed by atoms with Crippen LogP contribution in [0.3, 0.4) is 0 Å². The molecule has 0 unspecified atom stereocenters. The van der Waals surface area contributed by atoms with E-state index in [1.807, 2.05) is 30.3 Å². The molecule has 37 heavy (non-hydrogen) atoms. The highest BCUT2D eigenvalue weighted by atomic mass is 32.1. The topological polar surface area (TPSA) is 80.3 Å². The number of furan rings is 1. The molecule has 5 aromatic rings. The van der Waals surface area contributed by atoms with Gasteiger partial charge in [0.15, 0.2) is 16.5 Å². The third-order valence-electron chi connectivity index (χ3n) is 6.18. The molecule has 186 valence electrons. The summed E-state index contributed by atoms with van der Waals surface area (Å²) >= 11 is 5.27. The van der Waals surface area contributed by atoms with Crippen LogP contribution in [0, 0.1) is 5.82 Å². The van der Waals surface area contributed by atoms with Crippen molar-refractivity contribution in [1.29, 1.82) is 0 Å². The average Bonchev–Trinajstić information content (AvgIpc) is 3.56. The van der Waals surface area contributed by atoms with Gasteiger partial charge in [-0.2, -0.15) is 0 Å². The van der Waals surface area contributed by atoms with Crippen LogP contribution < -0.4 is 10.6 Å². The Bertz CT molecular complexity index is 1590. The fourth-order valence-corrected chi connectivity index (χ4v) is 4.11. The lowest BCUT2D eigenvalue weighted by atomic mass is 9.98. The highest BCUT2D eigenvalue weighted by Crippen LogP contribution is 2.29. The van der Waals surface area contributed by atoms with Gasteiger partial charge in [0.05, 0.1) is 5.56 Å². The first kappa shape index (κ1) is 24.4. The number of thiocarbonyl (C=S) groups is 1. The van der Waals surface area contributed by atoms with E-state index in [4.69, 9.17) is 21.1 Å². The molecule has 2 heterocycles. The van der Waals surface area contributed by atoms with Crippen LogP contribution in [0.15, 0.2) is 87.7 Å². The normalized spacial score (nSPS) is 11.9. The van der Waals surface area contributed by atoms with Crippen molar-refractivity contribution in [3.05, 3.63) is 96.0 Å². The van der Waals surface area contributed by atoms with Gasteiger partial charge in [0.1, 0.15) is 17.1 Å². The van der Waals surface area contributed by atoms with Crippen LogP contribution in [0.2, 0.25) is 0 Å². The number of anilines is 1. The second-order valence-electron chi connectivity index (χ2n) is 8.68. The summed E-state index contributed by atoms with van der Waals surface area (Å²) in [6, 6.07) is 22.7. The van der Waals surface area contributed by atoms with Gasteiger partial charge in [0.2, 0.25) is 5.89 Å². The van der Waals surface area contributed by atoms with Gasteiger partial charge < -0.3 is 14.2 Å². The number of fused-ring (bicyclic) bond motifs is 1. The molecule has 0 aliphatic rings. The second kappa shape index (κ2) is 10.4. The van der Waals surface area contributed by atoms with Crippen LogP contribution in [0.1, 0.15) is 42.3 Å². The van der Waals surface area contributed by atoms with Crippen molar-refractivity contribution in [3.63, 3.8) is 0 Å². The molecule has 0 aliphatic heterocycles. The molecule has 0 bridgehead atoms. The van der Waals surface area contributed by atoms with Gasteiger partial charge in [-0.1, -0.05) is 32.0 Å². The zero-order valence-electron chi connectivity index (χ0n) is 20.2. The summed E-state index contributed by atoms with van der Waals surface area (Å²) in [4.78, 5) is 17.2. The molecule has 5 rings (SSSR count). The third kappa shape index (κ3) is 5.29. The molecule has 2 aromatic heterocycles. The van der Waals surface area contributed by atoms with Crippen LogP contribution in [-0.2, 0) is 0 Å². The molecule has 0 spiro atoms. The zero-order valence-corrected chi connectivity index (χ0v) is 21.1. The third-order valence-corrected chi connectivity index (χ3v) is 6.38. The molecule has 8 heteroatoms. The Morgan fingerprint density at radius 2 is 1.81 bits per heavy atom. The molecule has 0 radical (unpaired) electrons. The van der Waals surface area contributed by atoms with Crippen molar-refractivity contribution in [3.8, 4) is 22.8 Å². The first-order valence-electron chi connectivity index (χ1n) is 11.9. The molecule has 0 aliphatic carbocycles. The lowest BCUT2D eigenvalue weighted by Crippen LogP contribution is -2.33. The number of carbonyl (C=O) groups is 1. The maximum atomic E-state index is 14.0. The van der Waals surface area contributed by atoms with Crippen molar-refractivity contribution < 1.29 is 18.0 Å². The van der Waals surface area contributed by atoms with E-state index >= 15 is 0 Å². The molecule has 1 atom stereocenters. The Morgan fingerprint density at radius 3 is 2.57 bits per heavy atom. The Labute approximate surface area is 218 Å². The molecule has 6 nitrogen and oxygen atoms in total. The monoisotopic (exact) mass is 513 g/mol. The quantitative estimate of drug-likeness (QED) is 0.228. The Balaban J connectivity index is 1.23. The van der Waals surface area contributed by atoms with Gasteiger partial charge >= 0.3 is 0 Å². The number of aromatic nitrogens is 1. The van der Waals surface area contributed by atoms with E-state index in [-0.39, 0.29) is 22.2 Å². The standard InChI is InChI=1S/C29H24FN3O3S/c1-3-17(2)19-10-13-25-23(16-19)32-28(36-25)18-8-11-20(12-9-18)31-29(37)33-27(34)26-15-14-24(35-26)21-6-4-5-7-22(21)30/h4-17H,3H2,1-2H3,(H2,31,33,34,37)/t17-/m0/s1. The van der Waals surface area contributed by atoms with E-state index in [1.165, 1.54) is 17.7 Å². The molecule has 2 N–H and O–H groups in total. The number of halogens is 1. The van der Waals surface area contributed by atoms with Crippen LogP contribution >= 0.6 is 12.2 Å². The highest BCUT2D eigenvalue weighted by molar-refractivity contribution is 7.80. The SMILES string of the molecule is CC[C@H](C)c1ccc2oc(-c3ccc(NC(=S)NC(=O)c4ccc(-c5ccccc5F)o4)cc3)nc2c1. The summed E-state index contributed by atoms with van der Waals surface area (Å²) in [5.74, 6) is 0.291. The molecule has 0 fully saturated rings. The van der Waals surface area contributed by atoms with Gasteiger partial charge in [-0.3, -0.25) is 10.1 Å². The molecule has 0 saturated heterocycles. The van der Waals surface area contributed by atoms with Gasteiger partial charge in [-0.15, -0.1) is 0 Å². The van der Waals surface area contributed by atoms with Crippen LogP contribution in [0.5, 0.6) is 0 Å².